The number of piperidine rings is 1. The van der Waals surface area contributed by atoms with E-state index in [1.807, 2.05) is 29.3 Å². The fourth-order valence-electron chi connectivity index (χ4n) is 3.38. The van der Waals surface area contributed by atoms with Crippen molar-refractivity contribution in [2.75, 3.05) is 26.2 Å². The molecule has 25 heavy (non-hydrogen) atoms. The molecule has 1 saturated heterocycles. The second-order valence-electron chi connectivity index (χ2n) is 6.33. The average Bonchev–Trinajstić information content (AvgIpc) is 3.30. The van der Waals surface area contributed by atoms with Crippen molar-refractivity contribution in [2.45, 2.75) is 38.8 Å². The van der Waals surface area contributed by atoms with Crippen LogP contribution in [-0.4, -0.2) is 63.2 Å². The molecule has 1 atom stereocenters. The van der Waals surface area contributed by atoms with Crippen molar-refractivity contribution in [3.8, 4) is 10.7 Å². The van der Waals surface area contributed by atoms with Crippen LogP contribution < -0.4 is 0 Å². The third kappa shape index (κ3) is 4.26. The fourth-order valence-corrected chi connectivity index (χ4v) is 4.03. The molecule has 0 amide bonds. The lowest BCUT2D eigenvalue weighted by atomic mass is 10.0. The van der Waals surface area contributed by atoms with Gasteiger partial charge in [0.05, 0.1) is 17.5 Å². The Bertz CT molecular complexity index is 680. The summed E-state index contributed by atoms with van der Waals surface area (Å²) in [5, 5.41) is 15.1. The number of thiophene rings is 1. The molecule has 1 N–H and O–H groups in total. The predicted octanol–water partition coefficient (Wildman–Crippen LogP) is 2.73. The first-order valence-corrected chi connectivity index (χ1v) is 9.53. The standard InChI is InChI=1S/C17H24N4O3S/c1-3-20(11-15(22)23)13-6-8-21(9-7-13)12(2)17-18-16(19-24-17)14-5-4-10-25-14/h4-5,10,12-13H,3,6-9,11H2,1-2H3,(H,22,23). The van der Waals surface area contributed by atoms with Crippen molar-refractivity contribution >= 4 is 17.3 Å². The van der Waals surface area contributed by atoms with E-state index in [9.17, 15) is 4.79 Å². The Hall–Kier alpha value is -1.77. The van der Waals surface area contributed by atoms with Gasteiger partial charge in [-0.1, -0.05) is 18.1 Å². The van der Waals surface area contributed by atoms with Gasteiger partial charge >= 0.3 is 5.97 Å². The minimum absolute atomic E-state index is 0.0664. The summed E-state index contributed by atoms with van der Waals surface area (Å²) in [6.07, 6.45) is 1.91. The van der Waals surface area contributed by atoms with Gasteiger partial charge < -0.3 is 9.63 Å². The predicted molar refractivity (Wildman–Crippen MR) is 95.5 cm³/mol. The third-order valence-corrected chi connectivity index (χ3v) is 5.71. The van der Waals surface area contributed by atoms with E-state index < -0.39 is 5.97 Å². The van der Waals surface area contributed by atoms with Gasteiger partial charge in [-0.15, -0.1) is 11.3 Å². The topological polar surface area (TPSA) is 82.7 Å². The SMILES string of the molecule is CCN(CC(=O)O)C1CCN(C(C)c2nc(-c3cccs3)no2)CC1. The molecule has 1 unspecified atom stereocenters. The Morgan fingerprint density at radius 2 is 2.28 bits per heavy atom. The van der Waals surface area contributed by atoms with E-state index >= 15 is 0 Å². The Balaban J connectivity index is 1.58. The number of rotatable bonds is 7. The molecule has 7 nitrogen and oxygen atoms in total. The second-order valence-corrected chi connectivity index (χ2v) is 7.28. The molecule has 0 spiro atoms. The number of hydrogen-bond acceptors (Lipinski definition) is 7. The van der Waals surface area contributed by atoms with Crippen LogP contribution in [0.2, 0.25) is 0 Å². The van der Waals surface area contributed by atoms with E-state index in [4.69, 9.17) is 9.63 Å². The minimum atomic E-state index is -0.760. The van der Waals surface area contributed by atoms with Crippen LogP contribution in [0.1, 0.15) is 38.6 Å². The van der Waals surface area contributed by atoms with Crippen LogP contribution in [0.4, 0.5) is 0 Å². The van der Waals surface area contributed by atoms with Crippen molar-refractivity contribution in [3.63, 3.8) is 0 Å². The Morgan fingerprint density at radius 3 is 2.88 bits per heavy atom. The lowest BCUT2D eigenvalue weighted by Gasteiger charge is -2.39. The quantitative estimate of drug-likeness (QED) is 0.809. The van der Waals surface area contributed by atoms with E-state index in [0.717, 1.165) is 37.4 Å². The fraction of sp³-hybridized carbons (Fsp3) is 0.588. The molecule has 2 aromatic rings. The van der Waals surface area contributed by atoms with Gasteiger partial charge in [0.15, 0.2) is 0 Å². The number of carboxylic acids is 1. The zero-order valence-electron chi connectivity index (χ0n) is 14.6. The molecular formula is C17H24N4O3S. The number of likely N-dealkylation sites (tertiary alicyclic amines) is 1. The van der Waals surface area contributed by atoms with Crippen molar-refractivity contribution in [3.05, 3.63) is 23.4 Å². The van der Waals surface area contributed by atoms with Gasteiger partial charge in [-0.2, -0.15) is 4.98 Å². The highest BCUT2D eigenvalue weighted by molar-refractivity contribution is 7.13. The number of hydrogen-bond donors (Lipinski definition) is 1. The Labute approximate surface area is 151 Å². The summed E-state index contributed by atoms with van der Waals surface area (Å²) in [7, 11) is 0. The first-order chi connectivity index (χ1) is 12.1. The van der Waals surface area contributed by atoms with E-state index in [2.05, 4.69) is 22.0 Å². The van der Waals surface area contributed by atoms with Crippen molar-refractivity contribution < 1.29 is 14.4 Å². The van der Waals surface area contributed by atoms with Gasteiger partial charge in [0.1, 0.15) is 0 Å². The van der Waals surface area contributed by atoms with Crippen LogP contribution in [0.3, 0.4) is 0 Å². The number of aliphatic carboxylic acids is 1. The summed E-state index contributed by atoms with van der Waals surface area (Å²) < 4.78 is 5.47. The van der Waals surface area contributed by atoms with Gasteiger partial charge in [-0.05, 0) is 37.8 Å². The molecular weight excluding hydrogens is 340 g/mol. The molecule has 0 radical (unpaired) electrons. The highest BCUT2D eigenvalue weighted by atomic mass is 32.1. The molecule has 0 bridgehead atoms. The normalized spacial score (nSPS) is 17.9. The molecule has 0 aliphatic carbocycles. The van der Waals surface area contributed by atoms with Gasteiger partial charge in [-0.3, -0.25) is 14.6 Å². The lowest BCUT2D eigenvalue weighted by Crippen LogP contribution is -2.47. The van der Waals surface area contributed by atoms with E-state index in [-0.39, 0.29) is 12.6 Å². The Morgan fingerprint density at radius 1 is 1.52 bits per heavy atom. The van der Waals surface area contributed by atoms with Crippen LogP contribution in [0.25, 0.3) is 10.7 Å². The highest BCUT2D eigenvalue weighted by Crippen LogP contribution is 2.28. The summed E-state index contributed by atoms with van der Waals surface area (Å²) in [5.41, 5.74) is 0. The molecule has 3 heterocycles. The number of carboxylic acid groups (broad SMARTS) is 1. The third-order valence-electron chi connectivity index (χ3n) is 4.85. The maximum absolute atomic E-state index is 11.0. The Kier molecular flexibility index (Phi) is 5.82. The van der Waals surface area contributed by atoms with E-state index in [1.165, 1.54) is 0 Å². The smallest absolute Gasteiger partial charge is 0.317 e. The van der Waals surface area contributed by atoms with Crippen LogP contribution in [-0.2, 0) is 4.79 Å². The number of nitrogens with zero attached hydrogens (tertiary/aromatic N) is 4. The molecule has 0 saturated carbocycles. The molecule has 8 heteroatoms. The molecule has 2 aromatic heterocycles. The summed E-state index contributed by atoms with van der Waals surface area (Å²) in [6.45, 7) is 6.78. The average molecular weight is 364 g/mol. The maximum Gasteiger partial charge on any atom is 0.317 e. The molecule has 1 aliphatic heterocycles. The van der Waals surface area contributed by atoms with Gasteiger partial charge in [-0.25, -0.2) is 0 Å². The van der Waals surface area contributed by atoms with Crippen molar-refractivity contribution in [1.29, 1.82) is 0 Å². The number of carbonyl (C=O) groups is 1. The highest BCUT2D eigenvalue weighted by Gasteiger charge is 2.29. The van der Waals surface area contributed by atoms with Crippen molar-refractivity contribution in [2.24, 2.45) is 0 Å². The molecule has 1 fully saturated rings. The minimum Gasteiger partial charge on any atom is -0.480 e. The van der Waals surface area contributed by atoms with E-state index in [1.54, 1.807) is 11.3 Å². The van der Waals surface area contributed by atoms with Crippen LogP contribution in [0, 0.1) is 0 Å². The molecule has 0 aromatic carbocycles. The van der Waals surface area contributed by atoms with Crippen LogP contribution in [0.15, 0.2) is 22.0 Å². The van der Waals surface area contributed by atoms with Crippen LogP contribution >= 0.6 is 11.3 Å². The summed E-state index contributed by atoms with van der Waals surface area (Å²) in [6, 6.07) is 4.35. The van der Waals surface area contributed by atoms with Gasteiger partial charge in [0.25, 0.3) is 0 Å². The zero-order chi connectivity index (χ0) is 17.8. The first kappa shape index (κ1) is 18.0. The summed E-state index contributed by atoms with van der Waals surface area (Å²) >= 11 is 1.60. The molecule has 136 valence electrons. The summed E-state index contributed by atoms with van der Waals surface area (Å²) in [4.78, 5) is 20.9. The molecule has 3 rings (SSSR count). The monoisotopic (exact) mass is 364 g/mol. The number of likely N-dealkylation sites (N-methyl/N-ethyl adjacent to an activating group) is 1. The maximum atomic E-state index is 11.0. The summed E-state index contributed by atoms with van der Waals surface area (Å²) in [5.74, 6) is 0.523. The van der Waals surface area contributed by atoms with Crippen LogP contribution in [0.5, 0.6) is 0 Å². The number of aromatic nitrogens is 2. The largest absolute Gasteiger partial charge is 0.480 e. The van der Waals surface area contributed by atoms with Gasteiger partial charge in [0.2, 0.25) is 11.7 Å². The first-order valence-electron chi connectivity index (χ1n) is 8.65. The lowest BCUT2D eigenvalue weighted by molar-refractivity contribution is -0.139. The second kappa shape index (κ2) is 8.07. The van der Waals surface area contributed by atoms with Gasteiger partial charge in [0, 0.05) is 19.1 Å². The van der Waals surface area contributed by atoms with Crippen molar-refractivity contribution in [1.82, 2.24) is 19.9 Å². The zero-order valence-corrected chi connectivity index (χ0v) is 15.4. The molecule has 1 aliphatic rings. The van der Waals surface area contributed by atoms with E-state index in [0.29, 0.717) is 17.8 Å².